The van der Waals surface area contributed by atoms with Crippen molar-refractivity contribution < 1.29 is 17.9 Å². The van der Waals surface area contributed by atoms with E-state index in [2.05, 4.69) is 20.7 Å². The zero-order valence-corrected chi connectivity index (χ0v) is 17.8. The minimum Gasteiger partial charge on any atom is -0.484 e. The van der Waals surface area contributed by atoms with E-state index in [0.29, 0.717) is 29.9 Å². The maximum atomic E-state index is 12.5. The average molecular weight is 467 g/mol. The molecule has 0 unspecified atom stereocenters. The third kappa shape index (κ3) is 5.56. The van der Waals surface area contributed by atoms with Crippen LogP contribution in [-0.2, 0) is 14.8 Å². The van der Waals surface area contributed by atoms with Gasteiger partial charge in [-0.25, -0.2) is 13.1 Å². The Morgan fingerprint density at radius 3 is 2.39 bits per heavy atom. The fourth-order valence-corrected chi connectivity index (χ4v) is 5.22. The molecule has 1 N–H and O–H groups in total. The molecule has 1 aliphatic heterocycles. The van der Waals surface area contributed by atoms with Gasteiger partial charge in [-0.3, -0.25) is 4.79 Å². The number of nitrogens with one attached hydrogen (secondary N) is 1. The molecule has 0 atom stereocenters. The summed E-state index contributed by atoms with van der Waals surface area (Å²) in [6.45, 7) is 1.60. The summed E-state index contributed by atoms with van der Waals surface area (Å²) in [5.41, 5.74) is 0. The summed E-state index contributed by atoms with van der Waals surface area (Å²) in [6, 6.07) is 16.0. The first kappa shape index (κ1) is 20.8. The van der Waals surface area contributed by atoms with Crippen LogP contribution >= 0.6 is 15.9 Å². The molecule has 1 aliphatic rings. The quantitative estimate of drug-likeness (QED) is 0.680. The van der Waals surface area contributed by atoms with Gasteiger partial charge in [0.15, 0.2) is 6.61 Å². The van der Waals surface area contributed by atoms with Crippen LogP contribution < -0.4 is 9.46 Å². The van der Waals surface area contributed by atoms with E-state index in [9.17, 15) is 13.2 Å². The molecule has 8 heteroatoms. The van der Waals surface area contributed by atoms with E-state index in [-0.39, 0.29) is 23.3 Å². The van der Waals surface area contributed by atoms with Gasteiger partial charge in [-0.2, -0.15) is 0 Å². The van der Waals surface area contributed by atoms with Crippen LogP contribution in [-0.4, -0.2) is 45.5 Å². The fourth-order valence-electron chi connectivity index (χ4n) is 3.11. The minimum atomic E-state index is -3.56. The van der Waals surface area contributed by atoms with Crippen LogP contribution in [0.25, 0.3) is 0 Å². The number of hydrogen-bond donors (Lipinski definition) is 1. The van der Waals surface area contributed by atoms with E-state index in [0.717, 1.165) is 12.8 Å². The van der Waals surface area contributed by atoms with Gasteiger partial charge in [-0.05, 0) is 59.0 Å². The zero-order chi connectivity index (χ0) is 20.0. The van der Waals surface area contributed by atoms with Crippen LogP contribution in [0.2, 0.25) is 0 Å². The van der Waals surface area contributed by atoms with Crippen molar-refractivity contribution in [2.45, 2.75) is 17.7 Å². The van der Waals surface area contributed by atoms with Crippen LogP contribution in [0.3, 0.4) is 0 Å². The number of piperidine rings is 1. The van der Waals surface area contributed by atoms with Gasteiger partial charge < -0.3 is 9.64 Å². The van der Waals surface area contributed by atoms with Crippen molar-refractivity contribution in [3.8, 4) is 5.75 Å². The first-order valence-corrected chi connectivity index (χ1v) is 11.4. The lowest BCUT2D eigenvalue weighted by atomic mass is 9.97. The Kier molecular flexibility index (Phi) is 7.09. The molecule has 2 aromatic carbocycles. The number of carbonyl (C=O) groups is 1. The summed E-state index contributed by atoms with van der Waals surface area (Å²) in [6.07, 6.45) is 1.52. The number of halogens is 1. The first-order chi connectivity index (χ1) is 13.5. The Bertz CT molecular complexity index is 897. The molecule has 0 bridgehead atoms. The van der Waals surface area contributed by atoms with Crippen molar-refractivity contribution in [3.63, 3.8) is 0 Å². The Balaban J connectivity index is 1.44. The Labute approximate surface area is 174 Å². The second-order valence-electron chi connectivity index (χ2n) is 6.71. The molecule has 1 heterocycles. The number of hydrogen-bond acceptors (Lipinski definition) is 4. The van der Waals surface area contributed by atoms with Gasteiger partial charge in [-0.1, -0.05) is 30.3 Å². The van der Waals surface area contributed by atoms with Gasteiger partial charge in [0.1, 0.15) is 5.75 Å². The molecular weight excluding hydrogens is 444 g/mol. The SMILES string of the molecule is O=C(COc1ccccc1)N1CCC(CNS(=O)(=O)c2ccccc2Br)CC1. The zero-order valence-electron chi connectivity index (χ0n) is 15.4. The number of para-hydroxylation sites is 1. The first-order valence-electron chi connectivity index (χ1n) is 9.15. The fraction of sp³-hybridized carbons (Fsp3) is 0.350. The molecule has 0 saturated carbocycles. The molecule has 0 radical (unpaired) electrons. The number of amides is 1. The molecule has 150 valence electrons. The van der Waals surface area contributed by atoms with E-state index in [1.54, 1.807) is 29.2 Å². The highest BCUT2D eigenvalue weighted by Gasteiger charge is 2.25. The summed E-state index contributed by atoms with van der Waals surface area (Å²) >= 11 is 3.28. The van der Waals surface area contributed by atoms with Crippen molar-refractivity contribution in [1.82, 2.24) is 9.62 Å². The Hall–Kier alpha value is -1.90. The molecule has 0 spiro atoms. The van der Waals surface area contributed by atoms with Gasteiger partial charge in [-0.15, -0.1) is 0 Å². The highest BCUT2D eigenvalue weighted by molar-refractivity contribution is 9.10. The molecule has 2 aromatic rings. The smallest absolute Gasteiger partial charge is 0.260 e. The van der Waals surface area contributed by atoms with E-state index in [1.807, 2.05) is 30.3 Å². The number of rotatable bonds is 7. The lowest BCUT2D eigenvalue weighted by molar-refractivity contribution is -0.134. The van der Waals surface area contributed by atoms with Crippen LogP contribution in [0.5, 0.6) is 5.75 Å². The van der Waals surface area contributed by atoms with Gasteiger partial charge in [0.2, 0.25) is 10.0 Å². The summed E-state index contributed by atoms with van der Waals surface area (Å²) in [5.74, 6) is 0.833. The molecule has 0 aliphatic carbocycles. The standard InChI is InChI=1S/C20H23BrN2O4S/c21-18-8-4-5-9-19(18)28(25,26)22-14-16-10-12-23(13-11-16)20(24)15-27-17-6-2-1-3-7-17/h1-9,16,22H,10-15H2. The van der Waals surface area contributed by atoms with E-state index < -0.39 is 10.0 Å². The van der Waals surface area contributed by atoms with Gasteiger partial charge in [0, 0.05) is 24.1 Å². The van der Waals surface area contributed by atoms with Gasteiger partial charge in [0.25, 0.3) is 5.91 Å². The van der Waals surface area contributed by atoms with Gasteiger partial charge in [0.05, 0.1) is 4.90 Å². The minimum absolute atomic E-state index is 0.0172. The maximum Gasteiger partial charge on any atom is 0.260 e. The molecule has 1 saturated heterocycles. The summed E-state index contributed by atoms with van der Waals surface area (Å²) in [7, 11) is -3.56. The van der Waals surface area contributed by atoms with Crippen molar-refractivity contribution in [3.05, 3.63) is 59.1 Å². The molecule has 3 rings (SSSR count). The lowest BCUT2D eigenvalue weighted by Crippen LogP contribution is -2.43. The number of benzene rings is 2. The third-order valence-corrected chi connectivity index (χ3v) is 7.20. The van der Waals surface area contributed by atoms with E-state index >= 15 is 0 Å². The summed E-state index contributed by atoms with van der Waals surface area (Å²) in [5, 5.41) is 0. The third-order valence-electron chi connectivity index (χ3n) is 4.76. The topological polar surface area (TPSA) is 75.7 Å². The van der Waals surface area contributed by atoms with Gasteiger partial charge >= 0.3 is 0 Å². The molecule has 0 aromatic heterocycles. The second-order valence-corrected chi connectivity index (χ2v) is 9.30. The van der Waals surface area contributed by atoms with Crippen LogP contribution in [0.15, 0.2) is 64.0 Å². The molecular formula is C20H23BrN2O4S. The lowest BCUT2D eigenvalue weighted by Gasteiger charge is -2.32. The van der Waals surface area contributed by atoms with E-state index in [4.69, 9.17) is 4.74 Å². The normalized spacial score (nSPS) is 15.4. The average Bonchev–Trinajstić information content (AvgIpc) is 2.72. The van der Waals surface area contributed by atoms with Crippen LogP contribution in [0, 0.1) is 5.92 Å². The van der Waals surface area contributed by atoms with Crippen LogP contribution in [0.4, 0.5) is 0 Å². The van der Waals surface area contributed by atoms with Crippen molar-refractivity contribution in [2.24, 2.45) is 5.92 Å². The number of likely N-dealkylation sites (tertiary alicyclic amines) is 1. The molecule has 28 heavy (non-hydrogen) atoms. The predicted octanol–water partition coefficient (Wildman–Crippen LogP) is 3.05. The molecule has 6 nitrogen and oxygen atoms in total. The number of carbonyl (C=O) groups excluding carboxylic acids is 1. The largest absolute Gasteiger partial charge is 0.484 e. The van der Waals surface area contributed by atoms with Crippen molar-refractivity contribution in [2.75, 3.05) is 26.2 Å². The Morgan fingerprint density at radius 1 is 1.07 bits per heavy atom. The highest BCUT2D eigenvalue weighted by atomic mass is 79.9. The second kappa shape index (κ2) is 9.54. The van der Waals surface area contributed by atoms with Crippen LogP contribution in [0.1, 0.15) is 12.8 Å². The Morgan fingerprint density at radius 2 is 1.71 bits per heavy atom. The highest BCUT2D eigenvalue weighted by Crippen LogP contribution is 2.22. The maximum absolute atomic E-state index is 12.5. The summed E-state index contributed by atoms with van der Waals surface area (Å²) in [4.78, 5) is 14.3. The summed E-state index contributed by atoms with van der Waals surface area (Å²) < 4.78 is 33.7. The molecule has 1 fully saturated rings. The number of nitrogens with zero attached hydrogens (tertiary/aromatic N) is 1. The number of sulfonamides is 1. The van der Waals surface area contributed by atoms with Crippen molar-refractivity contribution >= 4 is 31.9 Å². The predicted molar refractivity (Wildman–Crippen MR) is 111 cm³/mol. The van der Waals surface area contributed by atoms with E-state index in [1.165, 1.54) is 0 Å². The number of ether oxygens (including phenoxy) is 1. The monoisotopic (exact) mass is 466 g/mol. The molecule has 1 amide bonds. The van der Waals surface area contributed by atoms with Crippen molar-refractivity contribution in [1.29, 1.82) is 0 Å².